The van der Waals surface area contributed by atoms with Gasteiger partial charge in [-0.25, -0.2) is 4.98 Å². The normalized spacial score (nSPS) is 11.9. The number of carbonyl (C=O) groups is 1. The average molecular weight is 277 g/mol. The zero-order chi connectivity index (χ0) is 15.1. The summed E-state index contributed by atoms with van der Waals surface area (Å²) in [6, 6.07) is 1.72. The van der Waals surface area contributed by atoms with Crippen LogP contribution >= 0.6 is 0 Å². The van der Waals surface area contributed by atoms with Gasteiger partial charge in [-0.2, -0.15) is 0 Å². The maximum absolute atomic E-state index is 12.6. The lowest BCUT2D eigenvalue weighted by molar-refractivity contribution is 0.0369. The van der Waals surface area contributed by atoms with Gasteiger partial charge in [-0.05, 0) is 33.8 Å². The first-order valence-corrected chi connectivity index (χ1v) is 6.40. The van der Waals surface area contributed by atoms with Gasteiger partial charge in [-0.1, -0.05) is 5.16 Å². The summed E-state index contributed by atoms with van der Waals surface area (Å²) in [5.41, 5.74) is 1.23. The van der Waals surface area contributed by atoms with Crippen LogP contribution in [0.1, 0.15) is 35.6 Å². The molecule has 0 radical (unpaired) electrons. The van der Waals surface area contributed by atoms with Gasteiger partial charge in [0.1, 0.15) is 0 Å². The number of hydrogen-bond donors (Lipinski definition) is 1. The topological polar surface area (TPSA) is 79.5 Å². The number of hydrogen-bond acceptors (Lipinski definition) is 5. The number of nitrogens with zero attached hydrogens (tertiary/aromatic N) is 3. The second-order valence-corrected chi connectivity index (χ2v) is 5.73. The van der Waals surface area contributed by atoms with Crippen molar-refractivity contribution in [3.63, 3.8) is 0 Å². The molecule has 20 heavy (non-hydrogen) atoms. The number of aryl methyl sites for hydroxylation is 2. The Balaban J connectivity index is 2.46. The molecule has 1 N–H and O–H groups in total. The van der Waals surface area contributed by atoms with E-state index in [0.717, 1.165) is 0 Å². The highest BCUT2D eigenvalue weighted by molar-refractivity contribution is 6.05. The van der Waals surface area contributed by atoms with Crippen LogP contribution < -0.4 is 0 Å². The summed E-state index contributed by atoms with van der Waals surface area (Å²) >= 11 is 0. The zero-order valence-electron chi connectivity index (χ0n) is 12.4. The minimum Gasteiger partial charge on any atom is -0.389 e. The van der Waals surface area contributed by atoms with Crippen LogP contribution in [-0.4, -0.2) is 45.2 Å². The Labute approximate surface area is 117 Å². The first-order valence-electron chi connectivity index (χ1n) is 6.40. The highest BCUT2D eigenvalue weighted by Crippen LogP contribution is 2.23. The SMILES string of the molecule is Cc1cc(C(=O)N(C)CC(C)(C)O)c2c(C)noc2n1. The zero-order valence-corrected chi connectivity index (χ0v) is 12.4. The van der Waals surface area contributed by atoms with E-state index in [1.165, 1.54) is 4.90 Å². The van der Waals surface area contributed by atoms with E-state index < -0.39 is 5.60 Å². The van der Waals surface area contributed by atoms with Crippen LogP contribution in [0.3, 0.4) is 0 Å². The molecule has 0 saturated carbocycles. The third-order valence-corrected chi connectivity index (χ3v) is 2.95. The fourth-order valence-electron chi connectivity index (χ4n) is 2.24. The molecule has 2 heterocycles. The third-order valence-electron chi connectivity index (χ3n) is 2.95. The summed E-state index contributed by atoms with van der Waals surface area (Å²) in [6.07, 6.45) is 0. The minimum absolute atomic E-state index is 0.186. The number of fused-ring (bicyclic) bond motifs is 1. The maximum atomic E-state index is 12.6. The second kappa shape index (κ2) is 4.86. The molecule has 2 aromatic heterocycles. The van der Waals surface area contributed by atoms with Crippen LogP contribution in [-0.2, 0) is 0 Å². The molecule has 6 heteroatoms. The van der Waals surface area contributed by atoms with E-state index in [1.807, 2.05) is 0 Å². The van der Waals surface area contributed by atoms with Crippen molar-refractivity contribution in [2.45, 2.75) is 33.3 Å². The van der Waals surface area contributed by atoms with Crippen molar-refractivity contribution in [3.8, 4) is 0 Å². The molecule has 2 aromatic rings. The van der Waals surface area contributed by atoms with E-state index in [9.17, 15) is 9.90 Å². The predicted octanol–water partition coefficient (Wildman–Crippen LogP) is 1.68. The van der Waals surface area contributed by atoms with Crippen molar-refractivity contribution in [1.82, 2.24) is 15.0 Å². The first kappa shape index (κ1) is 14.5. The van der Waals surface area contributed by atoms with Crippen LogP contribution in [0.15, 0.2) is 10.6 Å². The Morgan fingerprint density at radius 2 is 2.10 bits per heavy atom. The van der Waals surface area contributed by atoms with E-state index in [2.05, 4.69) is 10.1 Å². The molecule has 0 unspecified atom stereocenters. The lowest BCUT2D eigenvalue weighted by Gasteiger charge is -2.25. The standard InChI is InChI=1S/C14H19N3O3/c1-8-6-10(11-9(2)16-20-12(11)15-8)13(18)17(5)7-14(3,4)19/h6,19H,7H2,1-5H3. The number of rotatable bonds is 3. The van der Waals surface area contributed by atoms with Crippen LogP contribution in [0, 0.1) is 13.8 Å². The Morgan fingerprint density at radius 1 is 1.45 bits per heavy atom. The highest BCUT2D eigenvalue weighted by atomic mass is 16.5. The summed E-state index contributed by atoms with van der Waals surface area (Å²) < 4.78 is 5.12. The molecule has 0 bridgehead atoms. The Kier molecular flexibility index (Phi) is 3.52. The Hall–Kier alpha value is -1.95. The molecule has 1 amide bonds. The highest BCUT2D eigenvalue weighted by Gasteiger charge is 2.24. The van der Waals surface area contributed by atoms with Gasteiger partial charge in [0, 0.05) is 19.3 Å². The van der Waals surface area contributed by atoms with Crippen molar-refractivity contribution in [2.75, 3.05) is 13.6 Å². The molecule has 2 rings (SSSR count). The number of carbonyl (C=O) groups excluding carboxylic acids is 1. The summed E-state index contributed by atoms with van der Waals surface area (Å²) in [6.45, 7) is 7.13. The van der Waals surface area contributed by atoms with Gasteiger partial charge in [0.2, 0.25) is 0 Å². The van der Waals surface area contributed by atoms with Gasteiger partial charge >= 0.3 is 0 Å². The van der Waals surface area contributed by atoms with Gasteiger partial charge in [0.25, 0.3) is 11.6 Å². The number of aromatic nitrogens is 2. The average Bonchev–Trinajstić information content (AvgIpc) is 2.66. The number of pyridine rings is 1. The molecule has 0 aliphatic heterocycles. The first-order chi connectivity index (χ1) is 9.19. The van der Waals surface area contributed by atoms with Gasteiger partial charge in [0.15, 0.2) is 0 Å². The third kappa shape index (κ3) is 2.80. The minimum atomic E-state index is -0.949. The molecule has 0 aromatic carbocycles. The number of amides is 1. The van der Waals surface area contributed by atoms with E-state index in [0.29, 0.717) is 28.1 Å². The molecule has 0 saturated heterocycles. The van der Waals surface area contributed by atoms with Crippen molar-refractivity contribution in [2.24, 2.45) is 0 Å². The quantitative estimate of drug-likeness (QED) is 0.923. The lowest BCUT2D eigenvalue weighted by atomic mass is 10.1. The van der Waals surface area contributed by atoms with Crippen molar-refractivity contribution >= 4 is 17.0 Å². The van der Waals surface area contributed by atoms with Crippen molar-refractivity contribution in [1.29, 1.82) is 0 Å². The van der Waals surface area contributed by atoms with Gasteiger partial charge < -0.3 is 14.5 Å². The maximum Gasteiger partial charge on any atom is 0.258 e. The van der Waals surface area contributed by atoms with Crippen molar-refractivity contribution in [3.05, 3.63) is 23.0 Å². The summed E-state index contributed by atoms with van der Waals surface area (Å²) in [4.78, 5) is 18.3. The van der Waals surface area contributed by atoms with Crippen LogP contribution in [0.25, 0.3) is 11.1 Å². The molecule has 0 aliphatic rings. The molecule has 6 nitrogen and oxygen atoms in total. The fourth-order valence-corrected chi connectivity index (χ4v) is 2.24. The van der Waals surface area contributed by atoms with Gasteiger partial charge in [0.05, 0.1) is 22.2 Å². The predicted molar refractivity (Wildman–Crippen MR) is 74.5 cm³/mol. The van der Waals surface area contributed by atoms with E-state index in [4.69, 9.17) is 4.52 Å². The molecule has 108 valence electrons. The fraction of sp³-hybridized carbons (Fsp3) is 0.500. The van der Waals surface area contributed by atoms with Crippen LogP contribution in [0.5, 0.6) is 0 Å². The molecule has 0 fully saturated rings. The van der Waals surface area contributed by atoms with Crippen molar-refractivity contribution < 1.29 is 14.4 Å². The number of likely N-dealkylation sites (N-methyl/N-ethyl adjacent to an activating group) is 1. The Bertz CT molecular complexity index is 655. The largest absolute Gasteiger partial charge is 0.389 e. The second-order valence-electron chi connectivity index (χ2n) is 5.73. The van der Waals surface area contributed by atoms with E-state index in [1.54, 1.807) is 40.8 Å². The van der Waals surface area contributed by atoms with Crippen LogP contribution in [0.4, 0.5) is 0 Å². The monoisotopic (exact) mass is 277 g/mol. The Morgan fingerprint density at radius 3 is 2.70 bits per heavy atom. The smallest absolute Gasteiger partial charge is 0.258 e. The van der Waals surface area contributed by atoms with E-state index in [-0.39, 0.29) is 12.5 Å². The molecular formula is C14H19N3O3. The van der Waals surface area contributed by atoms with Gasteiger partial charge in [-0.15, -0.1) is 0 Å². The van der Waals surface area contributed by atoms with E-state index >= 15 is 0 Å². The summed E-state index contributed by atoms with van der Waals surface area (Å²) in [5.74, 6) is -0.186. The molecule has 0 atom stereocenters. The molecule has 0 aliphatic carbocycles. The van der Waals surface area contributed by atoms with Gasteiger partial charge in [-0.3, -0.25) is 4.79 Å². The molecular weight excluding hydrogens is 258 g/mol. The lowest BCUT2D eigenvalue weighted by Crippen LogP contribution is -2.39. The summed E-state index contributed by atoms with van der Waals surface area (Å²) in [5, 5.41) is 14.3. The van der Waals surface area contributed by atoms with Crippen LogP contribution in [0.2, 0.25) is 0 Å². The molecule has 0 spiro atoms. The summed E-state index contributed by atoms with van der Waals surface area (Å²) in [7, 11) is 1.66. The number of aliphatic hydroxyl groups is 1.